The molecule has 0 spiro atoms. The Kier molecular flexibility index (Phi) is 16.3. The van der Waals surface area contributed by atoms with Gasteiger partial charge < -0.3 is 16.0 Å². The molecule has 0 saturated heterocycles. The van der Waals surface area contributed by atoms with Gasteiger partial charge in [0.1, 0.15) is 6.17 Å². The molecular formula is C24H37Cl3N4O3S. The van der Waals surface area contributed by atoms with Crippen LogP contribution in [0.15, 0.2) is 24.3 Å². The molecule has 0 aliphatic carbocycles. The van der Waals surface area contributed by atoms with Gasteiger partial charge in [0.15, 0.2) is 5.11 Å². The second-order valence-electron chi connectivity index (χ2n) is 8.59. The molecule has 1 rings (SSSR count). The number of nitro groups is 1. The molecule has 1 atom stereocenters. The summed E-state index contributed by atoms with van der Waals surface area (Å²) in [6, 6.07) is 5.82. The van der Waals surface area contributed by atoms with Crippen LogP contribution in [-0.2, 0) is 4.79 Å². The summed E-state index contributed by atoms with van der Waals surface area (Å²) in [5.74, 6) is -0.251. The molecule has 7 nitrogen and oxygen atoms in total. The first-order valence-corrected chi connectivity index (χ1v) is 13.9. The maximum Gasteiger partial charge on any atom is 0.271 e. The van der Waals surface area contributed by atoms with Crippen LogP contribution in [0.5, 0.6) is 0 Å². The summed E-state index contributed by atoms with van der Waals surface area (Å²) in [6.07, 6.45) is 13.8. The fourth-order valence-corrected chi connectivity index (χ4v) is 4.12. The molecule has 0 unspecified atom stereocenters. The van der Waals surface area contributed by atoms with E-state index in [4.69, 9.17) is 47.0 Å². The zero-order valence-corrected chi connectivity index (χ0v) is 23.4. The Morgan fingerprint density at radius 2 is 1.51 bits per heavy atom. The maximum atomic E-state index is 12.4. The Morgan fingerprint density at radius 3 is 2.03 bits per heavy atom. The maximum absolute atomic E-state index is 12.4. The minimum atomic E-state index is -1.86. The van der Waals surface area contributed by atoms with Gasteiger partial charge in [0.25, 0.3) is 5.69 Å². The molecule has 35 heavy (non-hydrogen) atoms. The standard InChI is InChI=1S/C24H37Cl3N4O3S/c1-2-3-4-5-6-7-8-9-10-11-12-13-17-21(32)29-22(24(25,26)27)30-23(35)28-19-15-14-16-20(18-19)31(33)34/h14-16,18,22H,2-13,17H2,1H3,(H,29,32)(H2,28,30,35)/t22-/m1/s1. The van der Waals surface area contributed by atoms with Crippen molar-refractivity contribution in [1.29, 1.82) is 0 Å². The minimum absolute atomic E-state index is 0.0486. The average Bonchev–Trinajstić information content (AvgIpc) is 2.79. The van der Waals surface area contributed by atoms with E-state index in [9.17, 15) is 14.9 Å². The first kappa shape index (κ1) is 31.7. The van der Waals surface area contributed by atoms with E-state index in [0.717, 1.165) is 19.3 Å². The van der Waals surface area contributed by atoms with Gasteiger partial charge in [-0.25, -0.2) is 0 Å². The van der Waals surface area contributed by atoms with Crippen molar-refractivity contribution in [2.45, 2.75) is 100 Å². The molecule has 1 aromatic carbocycles. The number of benzene rings is 1. The Morgan fingerprint density at radius 1 is 0.971 bits per heavy atom. The van der Waals surface area contributed by atoms with E-state index in [-0.39, 0.29) is 16.7 Å². The van der Waals surface area contributed by atoms with Crippen molar-refractivity contribution in [1.82, 2.24) is 10.6 Å². The van der Waals surface area contributed by atoms with E-state index in [1.54, 1.807) is 6.07 Å². The lowest BCUT2D eigenvalue weighted by atomic mass is 10.0. The number of thiocarbonyl (C=S) groups is 1. The van der Waals surface area contributed by atoms with Crippen LogP contribution in [0.4, 0.5) is 11.4 Å². The fourth-order valence-electron chi connectivity index (χ4n) is 3.55. The lowest BCUT2D eigenvalue weighted by molar-refractivity contribution is -0.384. The van der Waals surface area contributed by atoms with Crippen molar-refractivity contribution in [3.63, 3.8) is 0 Å². The Balaban J connectivity index is 2.29. The quantitative estimate of drug-likeness (QED) is 0.0444. The monoisotopic (exact) mass is 566 g/mol. The number of nitrogens with zero attached hydrogens (tertiary/aromatic N) is 1. The predicted molar refractivity (Wildman–Crippen MR) is 150 cm³/mol. The van der Waals surface area contributed by atoms with Crippen LogP contribution >= 0.6 is 47.0 Å². The van der Waals surface area contributed by atoms with Crippen molar-refractivity contribution in [2.75, 3.05) is 5.32 Å². The number of nitrogens with one attached hydrogen (secondary N) is 3. The summed E-state index contributed by atoms with van der Waals surface area (Å²) in [4.78, 5) is 22.8. The summed E-state index contributed by atoms with van der Waals surface area (Å²) >= 11 is 23.3. The molecule has 0 fully saturated rings. The highest BCUT2D eigenvalue weighted by molar-refractivity contribution is 7.80. The third-order valence-electron chi connectivity index (χ3n) is 5.48. The second kappa shape index (κ2) is 18.0. The molecule has 0 saturated carbocycles. The van der Waals surface area contributed by atoms with Gasteiger partial charge in [0, 0.05) is 24.2 Å². The number of alkyl halides is 3. The molecule has 0 aromatic heterocycles. The van der Waals surface area contributed by atoms with Gasteiger partial charge in [0.2, 0.25) is 9.70 Å². The molecule has 1 aromatic rings. The minimum Gasteiger partial charge on any atom is -0.339 e. The number of hydrogen-bond donors (Lipinski definition) is 3. The van der Waals surface area contributed by atoms with Gasteiger partial charge in [-0.3, -0.25) is 14.9 Å². The average molecular weight is 568 g/mol. The summed E-state index contributed by atoms with van der Waals surface area (Å²) < 4.78 is -1.86. The van der Waals surface area contributed by atoms with Gasteiger partial charge in [0.05, 0.1) is 4.92 Å². The first-order chi connectivity index (χ1) is 16.6. The van der Waals surface area contributed by atoms with Crippen molar-refractivity contribution in [3.8, 4) is 0 Å². The van der Waals surface area contributed by atoms with Crippen molar-refractivity contribution >= 4 is 69.4 Å². The van der Waals surface area contributed by atoms with Gasteiger partial charge >= 0.3 is 0 Å². The SMILES string of the molecule is CCCCCCCCCCCCCCC(=O)N[C@H](NC(=S)Nc1cccc([N+](=O)[O-])c1)C(Cl)(Cl)Cl. The van der Waals surface area contributed by atoms with Gasteiger partial charge in [-0.1, -0.05) is 118 Å². The number of halogens is 3. The molecule has 1 amide bonds. The number of carbonyl (C=O) groups is 1. The van der Waals surface area contributed by atoms with Crippen LogP contribution < -0.4 is 16.0 Å². The largest absolute Gasteiger partial charge is 0.339 e. The normalized spacial score (nSPS) is 12.1. The van der Waals surface area contributed by atoms with Crippen LogP contribution in [0.25, 0.3) is 0 Å². The molecule has 0 aliphatic rings. The van der Waals surface area contributed by atoms with E-state index >= 15 is 0 Å². The predicted octanol–water partition coefficient (Wildman–Crippen LogP) is 7.78. The highest BCUT2D eigenvalue weighted by Gasteiger charge is 2.34. The zero-order valence-electron chi connectivity index (χ0n) is 20.3. The lowest BCUT2D eigenvalue weighted by Crippen LogP contribution is -2.56. The molecule has 0 aliphatic heterocycles. The van der Waals surface area contributed by atoms with E-state index in [2.05, 4.69) is 22.9 Å². The number of rotatable bonds is 17. The number of hydrogen-bond acceptors (Lipinski definition) is 4. The van der Waals surface area contributed by atoms with E-state index in [1.807, 2.05) is 0 Å². The fraction of sp³-hybridized carbons (Fsp3) is 0.667. The van der Waals surface area contributed by atoms with Crippen LogP contribution in [0, 0.1) is 10.1 Å². The molecular weight excluding hydrogens is 531 g/mol. The molecule has 198 valence electrons. The van der Waals surface area contributed by atoms with Crippen LogP contribution in [-0.4, -0.2) is 25.9 Å². The van der Waals surface area contributed by atoms with Gasteiger partial charge in [-0.05, 0) is 24.7 Å². The zero-order chi connectivity index (χ0) is 26.1. The van der Waals surface area contributed by atoms with E-state index in [0.29, 0.717) is 12.1 Å². The topological polar surface area (TPSA) is 96.3 Å². The van der Waals surface area contributed by atoms with E-state index < -0.39 is 14.9 Å². The Labute approximate surface area is 229 Å². The van der Waals surface area contributed by atoms with Crippen LogP contribution in [0.3, 0.4) is 0 Å². The molecule has 11 heteroatoms. The van der Waals surface area contributed by atoms with E-state index in [1.165, 1.54) is 76.0 Å². The third kappa shape index (κ3) is 15.4. The highest BCUT2D eigenvalue weighted by Crippen LogP contribution is 2.29. The molecule has 3 N–H and O–H groups in total. The smallest absolute Gasteiger partial charge is 0.271 e. The van der Waals surface area contributed by atoms with Crippen LogP contribution in [0.1, 0.15) is 90.4 Å². The number of carbonyl (C=O) groups excluding carboxylic acids is 1. The Bertz CT molecular complexity index is 794. The molecule has 0 radical (unpaired) electrons. The van der Waals surface area contributed by atoms with Crippen molar-refractivity contribution in [3.05, 3.63) is 34.4 Å². The summed E-state index contributed by atoms with van der Waals surface area (Å²) in [5.41, 5.74) is 0.300. The second-order valence-corrected chi connectivity index (χ2v) is 11.4. The third-order valence-corrected chi connectivity index (χ3v) is 6.35. The number of non-ortho nitro benzene ring substituents is 1. The highest BCUT2D eigenvalue weighted by atomic mass is 35.6. The van der Waals surface area contributed by atoms with Crippen LogP contribution in [0.2, 0.25) is 0 Å². The van der Waals surface area contributed by atoms with Gasteiger partial charge in [-0.2, -0.15) is 0 Å². The first-order valence-electron chi connectivity index (χ1n) is 12.3. The van der Waals surface area contributed by atoms with Crippen molar-refractivity contribution in [2.24, 2.45) is 0 Å². The van der Waals surface area contributed by atoms with Crippen molar-refractivity contribution < 1.29 is 9.72 Å². The number of anilines is 1. The summed E-state index contributed by atoms with van der Waals surface area (Å²) in [7, 11) is 0. The molecule has 0 heterocycles. The Hall–Kier alpha value is -1.35. The number of nitro benzene ring substituents is 1. The molecule has 0 bridgehead atoms. The number of unbranched alkanes of at least 4 members (excludes halogenated alkanes) is 11. The van der Waals surface area contributed by atoms with Gasteiger partial charge in [-0.15, -0.1) is 0 Å². The lowest BCUT2D eigenvalue weighted by Gasteiger charge is -2.27. The summed E-state index contributed by atoms with van der Waals surface area (Å²) in [5, 5.41) is 19.2. The number of amides is 1. The summed E-state index contributed by atoms with van der Waals surface area (Å²) in [6.45, 7) is 2.23.